The van der Waals surface area contributed by atoms with E-state index in [9.17, 15) is 0 Å². The van der Waals surface area contributed by atoms with Crippen molar-refractivity contribution in [2.75, 3.05) is 0 Å². The molecule has 5 heteroatoms. The standard InChI is InChI=1S/C45H29N5/c1-3-9-30(10-4-1)31-16-22-36(23-17-31)44-48-43(35-11-5-2-6-12-35)49-45(50-44)37-24-18-32(19-25-37)38-13-7-14-39(29-38)40-27-26-34-21-20-33-15-8-28-46-41(33)42(34)47-40/h1-29H. The minimum Gasteiger partial charge on any atom is -0.254 e. The van der Waals surface area contributed by atoms with Crippen molar-refractivity contribution < 1.29 is 0 Å². The molecule has 0 unspecified atom stereocenters. The monoisotopic (exact) mass is 639 g/mol. The van der Waals surface area contributed by atoms with Gasteiger partial charge in [-0.05, 0) is 40.5 Å². The van der Waals surface area contributed by atoms with Crippen LogP contribution in [0.5, 0.6) is 0 Å². The fourth-order valence-electron chi connectivity index (χ4n) is 6.35. The van der Waals surface area contributed by atoms with Crippen LogP contribution in [0.4, 0.5) is 0 Å². The van der Waals surface area contributed by atoms with Crippen molar-refractivity contribution in [2.45, 2.75) is 0 Å². The van der Waals surface area contributed by atoms with Crippen molar-refractivity contribution in [2.24, 2.45) is 0 Å². The van der Waals surface area contributed by atoms with Gasteiger partial charge in [0, 0.05) is 39.2 Å². The van der Waals surface area contributed by atoms with Gasteiger partial charge in [0.05, 0.1) is 16.7 Å². The molecule has 6 aromatic carbocycles. The van der Waals surface area contributed by atoms with Crippen molar-refractivity contribution in [3.05, 3.63) is 176 Å². The fraction of sp³-hybridized carbons (Fsp3) is 0. The molecule has 9 rings (SSSR count). The molecule has 0 fully saturated rings. The van der Waals surface area contributed by atoms with Gasteiger partial charge in [-0.1, -0.05) is 152 Å². The maximum atomic E-state index is 5.06. The number of rotatable bonds is 6. The fourth-order valence-corrected chi connectivity index (χ4v) is 6.35. The Morgan fingerprint density at radius 2 is 0.740 bits per heavy atom. The Hall–Kier alpha value is -6.85. The molecule has 9 aromatic rings. The van der Waals surface area contributed by atoms with Crippen LogP contribution in [0.2, 0.25) is 0 Å². The first kappa shape index (κ1) is 29.3. The minimum absolute atomic E-state index is 0.627. The molecule has 3 heterocycles. The highest BCUT2D eigenvalue weighted by Crippen LogP contribution is 2.31. The third-order valence-electron chi connectivity index (χ3n) is 8.98. The van der Waals surface area contributed by atoms with Gasteiger partial charge in [0.1, 0.15) is 0 Å². The molecule has 0 atom stereocenters. The summed E-state index contributed by atoms with van der Waals surface area (Å²) in [4.78, 5) is 24.5. The van der Waals surface area contributed by atoms with Gasteiger partial charge >= 0.3 is 0 Å². The summed E-state index contributed by atoms with van der Waals surface area (Å²) in [5.74, 6) is 1.90. The first-order valence-corrected chi connectivity index (χ1v) is 16.6. The van der Waals surface area contributed by atoms with Crippen molar-refractivity contribution in [1.82, 2.24) is 24.9 Å². The maximum Gasteiger partial charge on any atom is 0.164 e. The number of aromatic nitrogens is 5. The van der Waals surface area contributed by atoms with E-state index in [0.717, 1.165) is 66.4 Å². The second kappa shape index (κ2) is 12.6. The first-order chi connectivity index (χ1) is 24.7. The van der Waals surface area contributed by atoms with E-state index in [-0.39, 0.29) is 0 Å². The van der Waals surface area contributed by atoms with Gasteiger partial charge in [-0.15, -0.1) is 0 Å². The highest BCUT2D eigenvalue weighted by molar-refractivity contribution is 6.03. The predicted molar refractivity (Wildman–Crippen MR) is 203 cm³/mol. The van der Waals surface area contributed by atoms with Gasteiger partial charge in [0.2, 0.25) is 0 Å². The molecule has 0 aliphatic carbocycles. The summed E-state index contributed by atoms with van der Waals surface area (Å²) in [5.41, 5.74) is 11.1. The molecule has 5 nitrogen and oxygen atoms in total. The third kappa shape index (κ3) is 5.67. The highest BCUT2D eigenvalue weighted by atomic mass is 15.0. The van der Waals surface area contributed by atoms with Crippen molar-refractivity contribution in [1.29, 1.82) is 0 Å². The van der Waals surface area contributed by atoms with Gasteiger partial charge in [-0.3, -0.25) is 4.98 Å². The molecular weight excluding hydrogens is 611 g/mol. The van der Waals surface area contributed by atoms with Crippen LogP contribution >= 0.6 is 0 Å². The lowest BCUT2D eigenvalue weighted by atomic mass is 9.99. The largest absolute Gasteiger partial charge is 0.254 e. The molecule has 234 valence electrons. The Bertz CT molecular complexity index is 2620. The average Bonchev–Trinajstić information content (AvgIpc) is 3.21. The summed E-state index contributed by atoms with van der Waals surface area (Å²) in [7, 11) is 0. The molecule has 0 spiro atoms. The van der Waals surface area contributed by atoms with E-state index in [4.69, 9.17) is 19.9 Å². The van der Waals surface area contributed by atoms with Crippen LogP contribution in [0.25, 0.3) is 89.5 Å². The van der Waals surface area contributed by atoms with Gasteiger partial charge < -0.3 is 0 Å². The summed E-state index contributed by atoms with van der Waals surface area (Å²) in [5, 5.41) is 2.16. The van der Waals surface area contributed by atoms with E-state index in [1.165, 1.54) is 5.56 Å². The summed E-state index contributed by atoms with van der Waals surface area (Å²) in [6.45, 7) is 0. The summed E-state index contributed by atoms with van der Waals surface area (Å²) < 4.78 is 0. The molecule has 3 aromatic heterocycles. The van der Waals surface area contributed by atoms with Crippen LogP contribution in [0.1, 0.15) is 0 Å². The van der Waals surface area contributed by atoms with E-state index < -0.39 is 0 Å². The third-order valence-corrected chi connectivity index (χ3v) is 8.98. The second-order valence-corrected chi connectivity index (χ2v) is 12.2. The minimum atomic E-state index is 0.627. The molecule has 0 bridgehead atoms. The lowest BCUT2D eigenvalue weighted by molar-refractivity contribution is 1.07. The maximum absolute atomic E-state index is 5.06. The molecular formula is C45H29N5. The van der Waals surface area contributed by atoms with E-state index >= 15 is 0 Å². The van der Waals surface area contributed by atoms with Crippen LogP contribution in [-0.2, 0) is 0 Å². The lowest BCUT2D eigenvalue weighted by Gasteiger charge is -2.10. The Kier molecular flexibility index (Phi) is 7.41. The second-order valence-electron chi connectivity index (χ2n) is 12.2. The number of fused-ring (bicyclic) bond motifs is 3. The predicted octanol–water partition coefficient (Wildman–Crippen LogP) is 11.0. The molecule has 0 saturated carbocycles. The van der Waals surface area contributed by atoms with E-state index in [1.54, 1.807) is 0 Å². The van der Waals surface area contributed by atoms with Crippen molar-refractivity contribution in [3.63, 3.8) is 0 Å². The van der Waals surface area contributed by atoms with Gasteiger partial charge in [0.15, 0.2) is 17.5 Å². The summed E-state index contributed by atoms with van der Waals surface area (Å²) in [6.07, 6.45) is 1.82. The zero-order valence-electron chi connectivity index (χ0n) is 27.0. The van der Waals surface area contributed by atoms with E-state index in [1.807, 2.05) is 48.7 Å². The van der Waals surface area contributed by atoms with E-state index in [2.05, 4.69) is 132 Å². The van der Waals surface area contributed by atoms with E-state index in [0.29, 0.717) is 17.5 Å². The Morgan fingerprint density at radius 1 is 0.280 bits per heavy atom. The molecule has 0 amide bonds. The zero-order chi connectivity index (χ0) is 33.3. The van der Waals surface area contributed by atoms with Crippen molar-refractivity contribution in [3.8, 4) is 67.7 Å². The molecule has 0 aliphatic heterocycles. The summed E-state index contributed by atoms with van der Waals surface area (Å²) >= 11 is 0. The number of hydrogen-bond acceptors (Lipinski definition) is 5. The Labute approximate surface area is 289 Å². The Morgan fingerprint density at radius 3 is 1.38 bits per heavy atom. The van der Waals surface area contributed by atoms with Crippen LogP contribution < -0.4 is 0 Å². The number of pyridine rings is 2. The van der Waals surface area contributed by atoms with Gasteiger partial charge in [-0.2, -0.15) is 0 Å². The normalized spacial score (nSPS) is 11.2. The van der Waals surface area contributed by atoms with Crippen LogP contribution in [-0.4, -0.2) is 24.9 Å². The van der Waals surface area contributed by atoms with Crippen LogP contribution in [0.3, 0.4) is 0 Å². The highest BCUT2D eigenvalue weighted by Gasteiger charge is 2.13. The summed E-state index contributed by atoms with van der Waals surface area (Å²) in [6, 6.07) is 58.2. The van der Waals surface area contributed by atoms with Gasteiger partial charge in [0.25, 0.3) is 0 Å². The molecule has 0 saturated heterocycles. The average molecular weight is 640 g/mol. The SMILES string of the molecule is c1ccc(-c2ccc(-c3nc(-c4ccccc4)nc(-c4ccc(-c5cccc(-c6ccc7ccc8cccnc8c7n6)c5)cc4)n3)cc2)cc1. The first-order valence-electron chi connectivity index (χ1n) is 16.6. The molecule has 0 N–H and O–H groups in total. The van der Waals surface area contributed by atoms with Crippen LogP contribution in [0.15, 0.2) is 176 Å². The number of benzene rings is 6. The zero-order valence-corrected chi connectivity index (χ0v) is 27.0. The smallest absolute Gasteiger partial charge is 0.164 e. The molecule has 0 aliphatic rings. The van der Waals surface area contributed by atoms with Crippen molar-refractivity contribution >= 4 is 21.8 Å². The molecule has 0 radical (unpaired) electrons. The topological polar surface area (TPSA) is 64.5 Å². The number of nitrogens with zero attached hydrogens (tertiary/aromatic N) is 5. The quantitative estimate of drug-likeness (QED) is 0.169. The number of hydrogen-bond donors (Lipinski definition) is 0. The lowest BCUT2D eigenvalue weighted by Crippen LogP contribution is -2.00. The van der Waals surface area contributed by atoms with Crippen LogP contribution in [0, 0.1) is 0 Å². The Balaban J connectivity index is 1.06. The van der Waals surface area contributed by atoms with Gasteiger partial charge in [-0.25, -0.2) is 19.9 Å². The molecule has 50 heavy (non-hydrogen) atoms.